The second-order valence-electron chi connectivity index (χ2n) is 3.59. The van der Waals surface area contributed by atoms with Crippen LogP contribution >= 0.6 is 11.5 Å². The number of nitrogens with one attached hydrogen (secondary N) is 1. The van der Waals surface area contributed by atoms with Crippen LogP contribution in [0.3, 0.4) is 0 Å². The van der Waals surface area contributed by atoms with Crippen molar-refractivity contribution in [3.05, 3.63) is 5.82 Å². The first-order chi connectivity index (χ1) is 7.29. The molecule has 2 rings (SSSR count). The molecule has 1 N–H and O–H groups in total. The molecule has 6 heteroatoms. The Hall–Kier alpha value is -0.490. The number of nitrogens with zero attached hydrogens (tertiary/aromatic N) is 2. The summed E-state index contributed by atoms with van der Waals surface area (Å²) in [5, 5.41) is 4.03. The van der Waals surface area contributed by atoms with Crippen molar-refractivity contribution >= 4 is 27.5 Å². The highest BCUT2D eigenvalue weighted by atomic mass is 32.2. The maximum Gasteiger partial charge on any atom is 0.202 e. The molecular weight excluding hydrogens is 230 g/mol. The van der Waals surface area contributed by atoms with Crippen molar-refractivity contribution in [3.63, 3.8) is 0 Å². The lowest BCUT2D eigenvalue weighted by Crippen LogP contribution is -2.11. The van der Waals surface area contributed by atoms with Crippen LogP contribution in [-0.4, -0.2) is 31.6 Å². The number of hydrogen-bond donors (Lipinski definition) is 1. The molecule has 0 saturated heterocycles. The first kappa shape index (κ1) is 11.0. The minimum absolute atomic E-state index is 0.613. The molecule has 0 aromatic carbocycles. The van der Waals surface area contributed by atoms with Gasteiger partial charge >= 0.3 is 0 Å². The van der Waals surface area contributed by atoms with Crippen molar-refractivity contribution in [1.82, 2.24) is 9.36 Å². The molecular formula is C9H15N3OS2. The van der Waals surface area contributed by atoms with Gasteiger partial charge in [0, 0.05) is 46.3 Å². The first-order valence-corrected chi connectivity index (χ1v) is 7.48. The summed E-state index contributed by atoms with van der Waals surface area (Å²) in [6, 6.07) is 0. The van der Waals surface area contributed by atoms with E-state index in [4.69, 9.17) is 0 Å². The van der Waals surface area contributed by atoms with Gasteiger partial charge in [-0.05, 0) is 12.8 Å². The lowest BCUT2D eigenvalue weighted by Gasteiger charge is -1.99. The van der Waals surface area contributed by atoms with Crippen LogP contribution in [0.1, 0.15) is 31.5 Å². The molecule has 1 unspecified atom stereocenters. The Balaban J connectivity index is 1.75. The Morgan fingerprint density at radius 2 is 2.40 bits per heavy atom. The summed E-state index contributed by atoms with van der Waals surface area (Å²) in [7, 11) is -0.696. The quantitative estimate of drug-likeness (QED) is 0.827. The van der Waals surface area contributed by atoms with Gasteiger partial charge in [-0.3, -0.25) is 4.21 Å². The zero-order valence-electron chi connectivity index (χ0n) is 8.73. The van der Waals surface area contributed by atoms with Crippen LogP contribution in [0.4, 0.5) is 5.13 Å². The van der Waals surface area contributed by atoms with Crippen molar-refractivity contribution in [2.24, 2.45) is 0 Å². The summed E-state index contributed by atoms with van der Waals surface area (Å²) >= 11 is 1.41. The molecule has 1 aliphatic carbocycles. The van der Waals surface area contributed by atoms with E-state index in [-0.39, 0.29) is 0 Å². The molecule has 84 valence electrons. The standard InChI is InChI=1S/C9H15N3OS2/c1-2-15(13)6-5-10-9-11-8(12-14-9)7-3-4-7/h7H,2-6H2,1H3,(H,10,11,12). The second kappa shape index (κ2) is 5.03. The Morgan fingerprint density at radius 3 is 3.07 bits per heavy atom. The predicted molar refractivity (Wildman–Crippen MR) is 63.9 cm³/mol. The van der Waals surface area contributed by atoms with Crippen LogP contribution in [-0.2, 0) is 10.8 Å². The molecule has 0 amide bonds. The fourth-order valence-electron chi connectivity index (χ4n) is 1.23. The molecule has 1 saturated carbocycles. The van der Waals surface area contributed by atoms with Gasteiger partial charge in [0.2, 0.25) is 5.13 Å². The summed E-state index contributed by atoms with van der Waals surface area (Å²) in [5.41, 5.74) is 0. The third-order valence-electron chi connectivity index (χ3n) is 2.31. The lowest BCUT2D eigenvalue weighted by atomic mass is 10.4. The number of hydrogen-bond acceptors (Lipinski definition) is 5. The first-order valence-electron chi connectivity index (χ1n) is 5.22. The SMILES string of the molecule is CCS(=O)CCNc1nc(C2CC2)ns1. The fourth-order valence-corrected chi connectivity index (χ4v) is 2.52. The molecule has 1 heterocycles. The zero-order chi connectivity index (χ0) is 10.7. The van der Waals surface area contributed by atoms with E-state index in [2.05, 4.69) is 14.7 Å². The van der Waals surface area contributed by atoms with Crippen LogP contribution in [0, 0.1) is 0 Å². The molecule has 4 nitrogen and oxygen atoms in total. The molecule has 1 atom stereocenters. The van der Waals surface area contributed by atoms with Gasteiger partial charge in [-0.2, -0.15) is 4.37 Å². The minimum atomic E-state index is -0.696. The average Bonchev–Trinajstić information content (AvgIpc) is 2.99. The molecule has 0 aliphatic heterocycles. The van der Waals surface area contributed by atoms with Crippen molar-refractivity contribution in [2.45, 2.75) is 25.7 Å². The number of anilines is 1. The van der Waals surface area contributed by atoms with Gasteiger partial charge in [0.15, 0.2) is 0 Å². The van der Waals surface area contributed by atoms with Crippen LogP contribution in [0.2, 0.25) is 0 Å². The molecule has 1 fully saturated rings. The minimum Gasteiger partial charge on any atom is -0.359 e. The van der Waals surface area contributed by atoms with E-state index in [0.29, 0.717) is 11.7 Å². The molecule has 0 radical (unpaired) electrons. The van der Waals surface area contributed by atoms with E-state index in [9.17, 15) is 4.21 Å². The predicted octanol–water partition coefficient (Wildman–Crippen LogP) is 1.60. The Bertz CT molecular complexity index is 349. The third kappa shape index (κ3) is 3.24. The summed E-state index contributed by atoms with van der Waals surface area (Å²) < 4.78 is 15.5. The maximum absolute atomic E-state index is 11.2. The Labute approximate surface area is 96.1 Å². The maximum atomic E-state index is 11.2. The van der Waals surface area contributed by atoms with Crippen molar-refractivity contribution in [1.29, 1.82) is 0 Å². The Kier molecular flexibility index (Phi) is 3.69. The van der Waals surface area contributed by atoms with Crippen molar-refractivity contribution < 1.29 is 4.21 Å². The number of aromatic nitrogens is 2. The summed E-state index contributed by atoms with van der Waals surface area (Å²) in [5.74, 6) is 3.01. The van der Waals surface area contributed by atoms with Gasteiger partial charge < -0.3 is 5.32 Å². The highest BCUT2D eigenvalue weighted by Gasteiger charge is 2.27. The molecule has 15 heavy (non-hydrogen) atoms. The summed E-state index contributed by atoms with van der Waals surface area (Å²) in [6.45, 7) is 2.66. The zero-order valence-corrected chi connectivity index (χ0v) is 10.4. The smallest absolute Gasteiger partial charge is 0.202 e. The van der Waals surface area contributed by atoms with Gasteiger partial charge in [0.05, 0.1) is 0 Å². The van der Waals surface area contributed by atoms with E-state index < -0.39 is 10.8 Å². The normalized spacial score (nSPS) is 17.7. The monoisotopic (exact) mass is 245 g/mol. The second-order valence-corrected chi connectivity index (χ2v) is 6.21. The van der Waals surface area contributed by atoms with Crippen LogP contribution in [0.25, 0.3) is 0 Å². The van der Waals surface area contributed by atoms with Gasteiger partial charge in [0.25, 0.3) is 0 Å². The van der Waals surface area contributed by atoms with E-state index in [0.717, 1.165) is 23.3 Å². The molecule has 0 spiro atoms. The van der Waals surface area contributed by atoms with Crippen molar-refractivity contribution in [2.75, 3.05) is 23.4 Å². The molecule has 1 aromatic rings. The van der Waals surface area contributed by atoms with E-state index in [1.54, 1.807) is 0 Å². The van der Waals surface area contributed by atoms with Crippen LogP contribution in [0.5, 0.6) is 0 Å². The third-order valence-corrected chi connectivity index (χ3v) is 4.30. The van der Waals surface area contributed by atoms with Crippen molar-refractivity contribution in [3.8, 4) is 0 Å². The van der Waals surface area contributed by atoms with Crippen LogP contribution < -0.4 is 5.32 Å². The number of rotatable bonds is 6. The molecule has 1 aliphatic rings. The highest BCUT2D eigenvalue weighted by molar-refractivity contribution is 7.84. The summed E-state index contributed by atoms with van der Waals surface area (Å²) in [4.78, 5) is 4.39. The molecule has 1 aromatic heterocycles. The lowest BCUT2D eigenvalue weighted by molar-refractivity contribution is 0.684. The summed E-state index contributed by atoms with van der Waals surface area (Å²) in [6.07, 6.45) is 2.46. The largest absolute Gasteiger partial charge is 0.359 e. The van der Waals surface area contributed by atoms with Gasteiger partial charge in [0.1, 0.15) is 5.82 Å². The highest BCUT2D eigenvalue weighted by Crippen LogP contribution is 2.39. The van der Waals surface area contributed by atoms with E-state index >= 15 is 0 Å². The van der Waals surface area contributed by atoms with Gasteiger partial charge in [-0.25, -0.2) is 4.98 Å². The van der Waals surface area contributed by atoms with Gasteiger partial charge in [-0.1, -0.05) is 6.92 Å². The average molecular weight is 245 g/mol. The molecule has 0 bridgehead atoms. The van der Waals surface area contributed by atoms with E-state index in [1.807, 2.05) is 6.92 Å². The van der Waals surface area contributed by atoms with E-state index in [1.165, 1.54) is 24.4 Å². The van der Waals surface area contributed by atoms with Crippen LogP contribution in [0.15, 0.2) is 0 Å². The Morgan fingerprint density at radius 1 is 1.60 bits per heavy atom. The topological polar surface area (TPSA) is 54.9 Å². The fraction of sp³-hybridized carbons (Fsp3) is 0.778. The van der Waals surface area contributed by atoms with Gasteiger partial charge in [-0.15, -0.1) is 0 Å².